The maximum Gasteiger partial charge on any atom is 0.173 e. The van der Waals surface area contributed by atoms with Crippen molar-refractivity contribution in [2.24, 2.45) is 0 Å². The van der Waals surface area contributed by atoms with Crippen molar-refractivity contribution in [3.8, 4) is 5.69 Å². The fourth-order valence-corrected chi connectivity index (χ4v) is 3.83. The van der Waals surface area contributed by atoms with Crippen LogP contribution in [-0.2, 0) is 0 Å². The second-order valence-corrected chi connectivity index (χ2v) is 8.11. The molecule has 2 heterocycles. The number of benzene rings is 1. The summed E-state index contributed by atoms with van der Waals surface area (Å²) >= 11 is 1.69. The summed E-state index contributed by atoms with van der Waals surface area (Å²) in [6, 6.07) is 9.16. The van der Waals surface area contributed by atoms with Crippen molar-refractivity contribution in [3.05, 3.63) is 48.0 Å². The molecule has 1 saturated carbocycles. The van der Waals surface area contributed by atoms with Crippen LogP contribution in [0.4, 0.5) is 0 Å². The van der Waals surface area contributed by atoms with Crippen LogP contribution in [0.3, 0.4) is 0 Å². The fraction of sp³-hybridized carbons (Fsp3) is 0.444. The Bertz CT molecular complexity index is 847. The standard InChI is InChI=1S/C18H22N6S/c1-12(2)14-4-6-15(7-5-14)23-11-10-19-18(23)25-13(3)17-20-21-22-24(17)16-8-9-16/h4-7,10-13,16H,8-9H2,1-3H3. The first-order chi connectivity index (χ1) is 12.1. The molecule has 3 aromatic rings. The number of hydrogen-bond donors (Lipinski definition) is 0. The minimum Gasteiger partial charge on any atom is -0.295 e. The lowest BCUT2D eigenvalue weighted by Gasteiger charge is -2.13. The lowest BCUT2D eigenvalue weighted by atomic mass is 10.0. The van der Waals surface area contributed by atoms with Gasteiger partial charge in [0.1, 0.15) is 0 Å². The van der Waals surface area contributed by atoms with Crippen LogP contribution in [0.2, 0.25) is 0 Å². The Hall–Kier alpha value is -2.15. The van der Waals surface area contributed by atoms with Crippen molar-refractivity contribution in [1.82, 2.24) is 29.8 Å². The third-order valence-electron chi connectivity index (χ3n) is 4.50. The van der Waals surface area contributed by atoms with E-state index in [0.29, 0.717) is 12.0 Å². The van der Waals surface area contributed by atoms with E-state index in [0.717, 1.165) is 16.7 Å². The highest BCUT2D eigenvalue weighted by atomic mass is 32.2. The van der Waals surface area contributed by atoms with Gasteiger partial charge in [0.25, 0.3) is 0 Å². The van der Waals surface area contributed by atoms with Crippen LogP contribution in [0.1, 0.15) is 62.2 Å². The van der Waals surface area contributed by atoms with Crippen LogP contribution in [0.5, 0.6) is 0 Å². The third kappa shape index (κ3) is 3.33. The Morgan fingerprint density at radius 2 is 1.88 bits per heavy atom. The molecular formula is C18H22N6S. The minimum atomic E-state index is 0.145. The number of hydrogen-bond acceptors (Lipinski definition) is 5. The Labute approximate surface area is 151 Å². The molecule has 1 aliphatic carbocycles. The number of rotatable bonds is 6. The molecule has 7 heteroatoms. The van der Waals surface area contributed by atoms with Gasteiger partial charge in [-0.15, -0.1) is 5.10 Å². The lowest BCUT2D eigenvalue weighted by molar-refractivity contribution is 0.583. The SMILES string of the molecule is CC(C)c1ccc(-n2ccnc2SC(C)c2nnnn2C2CC2)cc1. The second kappa shape index (κ2) is 6.63. The van der Waals surface area contributed by atoms with E-state index in [1.165, 1.54) is 18.4 Å². The number of imidazole rings is 1. The Kier molecular flexibility index (Phi) is 4.33. The van der Waals surface area contributed by atoms with Gasteiger partial charge in [-0.1, -0.05) is 37.7 Å². The molecule has 6 nitrogen and oxygen atoms in total. The van der Waals surface area contributed by atoms with Crippen molar-refractivity contribution < 1.29 is 0 Å². The average Bonchev–Trinajstić information content (AvgIpc) is 3.16. The van der Waals surface area contributed by atoms with Crippen molar-refractivity contribution >= 4 is 11.8 Å². The number of tetrazole rings is 1. The van der Waals surface area contributed by atoms with Gasteiger partial charge in [0.15, 0.2) is 11.0 Å². The van der Waals surface area contributed by atoms with E-state index in [9.17, 15) is 0 Å². The first-order valence-electron chi connectivity index (χ1n) is 8.71. The molecule has 2 aromatic heterocycles. The zero-order valence-corrected chi connectivity index (χ0v) is 15.5. The average molecular weight is 354 g/mol. The number of nitrogens with zero attached hydrogens (tertiary/aromatic N) is 6. The van der Waals surface area contributed by atoms with Crippen LogP contribution in [0, 0.1) is 0 Å². The molecule has 4 rings (SSSR count). The Balaban J connectivity index is 1.56. The van der Waals surface area contributed by atoms with E-state index in [-0.39, 0.29) is 5.25 Å². The highest BCUT2D eigenvalue weighted by Gasteiger charge is 2.30. The normalized spacial score (nSPS) is 15.7. The number of thioether (sulfide) groups is 1. The van der Waals surface area contributed by atoms with Crippen molar-refractivity contribution in [2.75, 3.05) is 0 Å². The molecule has 0 spiro atoms. The molecule has 0 N–H and O–H groups in total. The molecular weight excluding hydrogens is 332 g/mol. The van der Waals surface area contributed by atoms with E-state index < -0.39 is 0 Å². The molecule has 0 saturated heterocycles. The quantitative estimate of drug-likeness (QED) is 0.622. The zero-order chi connectivity index (χ0) is 17.4. The Morgan fingerprint density at radius 3 is 2.56 bits per heavy atom. The van der Waals surface area contributed by atoms with Gasteiger partial charge in [0.05, 0.1) is 11.3 Å². The van der Waals surface area contributed by atoms with Gasteiger partial charge >= 0.3 is 0 Å². The van der Waals surface area contributed by atoms with Gasteiger partial charge in [-0.25, -0.2) is 9.67 Å². The zero-order valence-electron chi connectivity index (χ0n) is 14.7. The van der Waals surface area contributed by atoms with Crippen LogP contribution in [0.15, 0.2) is 41.8 Å². The molecule has 1 atom stereocenters. The summed E-state index contributed by atoms with van der Waals surface area (Å²) in [4.78, 5) is 4.54. The predicted octanol–water partition coefficient (Wildman–Crippen LogP) is 4.17. The van der Waals surface area contributed by atoms with E-state index >= 15 is 0 Å². The first-order valence-corrected chi connectivity index (χ1v) is 9.59. The largest absolute Gasteiger partial charge is 0.295 e. The van der Waals surface area contributed by atoms with Gasteiger partial charge in [-0.2, -0.15) is 0 Å². The van der Waals surface area contributed by atoms with Crippen LogP contribution < -0.4 is 0 Å². The number of aromatic nitrogens is 6. The summed E-state index contributed by atoms with van der Waals surface area (Å²) in [7, 11) is 0. The fourth-order valence-electron chi connectivity index (χ4n) is 2.85. The first kappa shape index (κ1) is 16.3. The van der Waals surface area contributed by atoms with Gasteiger partial charge in [0.2, 0.25) is 0 Å². The summed E-state index contributed by atoms with van der Waals surface area (Å²) in [5, 5.41) is 13.3. The lowest BCUT2D eigenvalue weighted by Crippen LogP contribution is -2.06. The summed E-state index contributed by atoms with van der Waals surface area (Å²) in [5.41, 5.74) is 2.47. The maximum atomic E-state index is 4.54. The van der Waals surface area contributed by atoms with Gasteiger partial charge in [-0.3, -0.25) is 4.57 Å². The molecule has 1 unspecified atom stereocenters. The molecule has 0 radical (unpaired) electrons. The highest BCUT2D eigenvalue weighted by molar-refractivity contribution is 7.99. The van der Waals surface area contributed by atoms with E-state index in [1.54, 1.807) is 11.8 Å². The maximum absolute atomic E-state index is 4.54. The third-order valence-corrected chi connectivity index (χ3v) is 5.58. The van der Waals surface area contributed by atoms with Crippen molar-refractivity contribution in [3.63, 3.8) is 0 Å². The molecule has 0 bridgehead atoms. The van der Waals surface area contributed by atoms with Gasteiger partial charge < -0.3 is 0 Å². The van der Waals surface area contributed by atoms with E-state index in [4.69, 9.17) is 0 Å². The molecule has 1 fully saturated rings. The second-order valence-electron chi connectivity index (χ2n) is 6.80. The molecule has 0 amide bonds. The topological polar surface area (TPSA) is 61.4 Å². The molecule has 130 valence electrons. The molecule has 0 aliphatic heterocycles. The van der Waals surface area contributed by atoms with Gasteiger partial charge in [-0.05, 0) is 53.8 Å². The molecule has 1 aliphatic rings. The van der Waals surface area contributed by atoms with Crippen LogP contribution in [0.25, 0.3) is 5.69 Å². The van der Waals surface area contributed by atoms with E-state index in [2.05, 4.69) is 70.1 Å². The van der Waals surface area contributed by atoms with Crippen LogP contribution >= 0.6 is 11.8 Å². The Morgan fingerprint density at radius 1 is 1.12 bits per heavy atom. The molecule has 25 heavy (non-hydrogen) atoms. The van der Waals surface area contributed by atoms with Crippen molar-refractivity contribution in [1.29, 1.82) is 0 Å². The minimum absolute atomic E-state index is 0.145. The predicted molar refractivity (Wildman–Crippen MR) is 98.0 cm³/mol. The summed E-state index contributed by atoms with van der Waals surface area (Å²) < 4.78 is 4.10. The summed E-state index contributed by atoms with van der Waals surface area (Å²) in [5.74, 6) is 1.46. The smallest absolute Gasteiger partial charge is 0.173 e. The van der Waals surface area contributed by atoms with Crippen molar-refractivity contribution in [2.45, 2.75) is 56.0 Å². The van der Waals surface area contributed by atoms with Gasteiger partial charge in [0, 0.05) is 18.1 Å². The van der Waals surface area contributed by atoms with Crippen LogP contribution in [-0.4, -0.2) is 29.8 Å². The monoisotopic (exact) mass is 354 g/mol. The summed E-state index contributed by atoms with van der Waals surface area (Å²) in [6.45, 7) is 6.55. The summed E-state index contributed by atoms with van der Waals surface area (Å²) in [6.07, 6.45) is 6.19. The molecule has 1 aromatic carbocycles. The van der Waals surface area contributed by atoms with E-state index in [1.807, 2.05) is 17.1 Å². The highest BCUT2D eigenvalue weighted by Crippen LogP contribution is 2.39.